The van der Waals surface area contributed by atoms with Gasteiger partial charge in [-0.25, -0.2) is 0 Å². The minimum Gasteiger partial charge on any atom is -0.353 e. The summed E-state index contributed by atoms with van der Waals surface area (Å²) in [4.78, 5) is 0. The minimum absolute atomic E-state index is 0.0348. The molecule has 2 rings (SSSR count). The highest BCUT2D eigenvalue weighted by Crippen LogP contribution is 2.45. The molecule has 0 N–H and O–H groups in total. The lowest BCUT2D eigenvalue weighted by Crippen LogP contribution is -2.40. The normalized spacial score (nSPS) is 45.9. The second kappa shape index (κ2) is 3.95. The van der Waals surface area contributed by atoms with Crippen LogP contribution in [0.4, 0.5) is 0 Å². The quantitative estimate of drug-likeness (QED) is 0.743. The first-order valence-electron chi connectivity index (χ1n) is 5.98. The molecule has 0 saturated carbocycles. The van der Waals surface area contributed by atoms with Gasteiger partial charge in [-0.2, -0.15) is 0 Å². The molecule has 0 radical (unpaired) electrons. The van der Waals surface area contributed by atoms with Crippen molar-refractivity contribution >= 4 is 0 Å². The van der Waals surface area contributed by atoms with E-state index in [-0.39, 0.29) is 24.1 Å². The predicted octanol–water partition coefficient (Wildman–Crippen LogP) is 2.07. The van der Waals surface area contributed by atoms with Crippen LogP contribution in [-0.2, 0) is 18.9 Å². The van der Waals surface area contributed by atoms with Gasteiger partial charge in [0.05, 0.1) is 5.60 Å². The molecule has 4 nitrogen and oxygen atoms in total. The molecule has 2 saturated heterocycles. The average molecular weight is 230 g/mol. The van der Waals surface area contributed by atoms with E-state index in [0.717, 1.165) is 12.8 Å². The molecule has 2 aliphatic heterocycles. The highest BCUT2D eigenvalue weighted by molar-refractivity contribution is 5.02. The maximum absolute atomic E-state index is 5.95. The fraction of sp³-hybridized carbons (Fsp3) is 1.00. The summed E-state index contributed by atoms with van der Waals surface area (Å²) in [6.07, 6.45) is 1.54. The fourth-order valence-electron chi connectivity index (χ4n) is 2.74. The summed E-state index contributed by atoms with van der Waals surface area (Å²) in [6.45, 7) is 8.09. The predicted molar refractivity (Wildman–Crippen MR) is 59.0 cm³/mol. The van der Waals surface area contributed by atoms with Crippen LogP contribution in [-0.4, -0.2) is 37.0 Å². The summed E-state index contributed by atoms with van der Waals surface area (Å²) in [7, 11) is 1.65. The largest absolute Gasteiger partial charge is 0.353 e. The first-order chi connectivity index (χ1) is 7.42. The van der Waals surface area contributed by atoms with Gasteiger partial charge in [0.25, 0.3) is 0 Å². The van der Waals surface area contributed by atoms with E-state index in [4.69, 9.17) is 18.9 Å². The molecule has 0 aromatic carbocycles. The number of methoxy groups -OCH3 is 1. The van der Waals surface area contributed by atoms with Crippen LogP contribution in [0, 0.1) is 0 Å². The third-order valence-corrected chi connectivity index (χ3v) is 3.36. The zero-order valence-electron chi connectivity index (χ0n) is 10.8. The van der Waals surface area contributed by atoms with Gasteiger partial charge in [0, 0.05) is 7.11 Å². The van der Waals surface area contributed by atoms with Crippen molar-refractivity contribution in [1.82, 2.24) is 0 Å². The summed E-state index contributed by atoms with van der Waals surface area (Å²) in [5.41, 5.74) is -0.298. The van der Waals surface area contributed by atoms with Crippen LogP contribution in [0.2, 0.25) is 0 Å². The lowest BCUT2D eigenvalue weighted by atomic mass is 9.93. The third kappa shape index (κ3) is 1.88. The Balaban J connectivity index is 2.20. The first kappa shape index (κ1) is 12.3. The Bertz CT molecular complexity index is 266. The highest BCUT2D eigenvalue weighted by Gasteiger charge is 2.60. The van der Waals surface area contributed by atoms with Crippen LogP contribution in [0.5, 0.6) is 0 Å². The van der Waals surface area contributed by atoms with Crippen LogP contribution in [0.15, 0.2) is 0 Å². The molecule has 2 fully saturated rings. The van der Waals surface area contributed by atoms with Crippen LogP contribution in [0.1, 0.15) is 40.5 Å². The van der Waals surface area contributed by atoms with Crippen molar-refractivity contribution in [3.63, 3.8) is 0 Å². The van der Waals surface area contributed by atoms with E-state index >= 15 is 0 Å². The molecule has 16 heavy (non-hydrogen) atoms. The van der Waals surface area contributed by atoms with E-state index in [1.807, 2.05) is 13.8 Å². The van der Waals surface area contributed by atoms with E-state index in [9.17, 15) is 0 Å². The van der Waals surface area contributed by atoms with Gasteiger partial charge in [0.15, 0.2) is 12.1 Å². The summed E-state index contributed by atoms with van der Waals surface area (Å²) in [6, 6.07) is 0. The van der Waals surface area contributed by atoms with Gasteiger partial charge >= 0.3 is 0 Å². The molecule has 0 aliphatic carbocycles. The van der Waals surface area contributed by atoms with Gasteiger partial charge in [0.2, 0.25) is 0 Å². The van der Waals surface area contributed by atoms with Gasteiger partial charge in [0.1, 0.15) is 12.2 Å². The molecule has 0 bridgehead atoms. The Kier molecular flexibility index (Phi) is 3.03. The Morgan fingerprint density at radius 1 is 1.12 bits per heavy atom. The Morgan fingerprint density at radius 2 is 1.81 bits per heavy atom. The second-order valence-electron chi connectivity index (χ2n) is 5.31. The Morgan fingerprint density at radius 3 is 2.38 bits per heavy atom. The second-order valence-corrected chi connectivity index (χ2v) is 5.31. The molecule has 4 atom stereocenters. The average Bonchev–Trinajstić information content (AvgIpc) is 2.62. The smallest absolute Gasteiger partial charge is 0.186 e. The van der Waals surface area contributed by atoms with E-state index < -0.39 is 5.79 Å². The fourth-order valence-corrected chi connectivity index (χ4v) is 2.74. The summed E-state index contributed by atoms with van der Waals surface area (Å²) in [5, 5.41) is 0. The molecular formula is C12H22O4. The number of hydrogen-bond acceptors (Lipinski definition) is 4. The number of rotatable bonds is 3. The SMILES string of the molecule is CCCC1(C)OC(OC)C2OC(C)(C)O[C@H]21. The van der Waals surface area contributed by atoms with Crippen LogP contribution < -0.4 is 0 Å². The van der Waals surface area contributed by atoms with Crippen LogP contribution in [0.3, 0.4) is 0 Å². The van der Waals surface area contributed by atoms with E-state index in [1.54, 1.807) is 7.11 Å². The van der Waals surface area contributed by atoms with Crippen molar-refractivity contribution in [2.24, 2.45) is 0 Å². The van der Waals surface area contributed by atoms with E-state index in [1.165, 1.54) is 0 Å². The highest BCUT2D eigenvalue weighted by atomic mass is 16.8. The summed E-state index contributed by atoms with van der Waals surface area (Å²) >= 11 is 0. The molecule has 94 valence electrons. The van der Waals surface area contributed by atoms with Gasteiger partial charge in [-0.15, -0.1) is 0 Å². The standard InChI is InChI=1S/C12H22O4/c1-6-7-12(4)9-8(10(13-5)16-12)14-11(2,3)15-9/h8-10H,6-7H2,1-5H3/t8?,9-,10?,12?/m1/s1. The molecule has 4 heteroatoms. The lowest BCUT2D eigenvalue weighted by molar-refractivity contribution is -0.248. The molecule has 0 aromatic rings. The van der Waals surface area contributed by atoms with Crippen LogP contribution in [0.25, 0.3) is 0 Å². The third-order valence-electron chi connectivity index (χ3n) is 3.36. The van der Waals surface area contributed by atoms with Gasteiger partial charge in [-0.1, -0.05) is 13.3 Å². The number of ether oxygens (including phenoxy) is 4. The molecular weight excluding hydrogens is 208 g/mol. The molecule has 2 aliphatic rings. The van der Waals surface area contributed by atoms with E-state index in [2.05, 4.69) is 13.8 Å². The van der Waals surface area contributed by atoms with Crippen molar-refractivity contribution in [3.8, 4) is 0 Å². The monoisotopic (exact) mass is 230 g/mol. The van der Waals surface area contributed by atoms with Crippen molar-refractivity contribution in [2.75, 3.05) is 7.11 Å². The molecule has 0 amide bonds. The zero-order valence-corrected chi connectivity index (χ0v) is 10.8. The molecule has 0 spiro atoms. The van der Waals surface area contributed by atoms with Gasteiger partial charge in [-0.3, -0.25) is 0 Å². The molecule has 2 heterocycles. The number of hydrogen-bond donors (Lipinski definition) is 0. The van der Waals surface area contributed by atoms with Crippen molar-refractivity contribution < 1.29 is 18.9 Å². The van der Waals surface area contributed by atoms with Crippen molar-refractivity contribution in [1.29, 1.82) is 0 Å². The van der Waals surface area contributed by atoms with E-state index in [0.29, 0.717) is 0 Å². The van der Waals surface area contributed by atoms with Gasteiger partial charge < -0.3 is 18.9 Å². The lowest BCUT2D eigenvalue weighted by Gasteiger charge is -2.30. The first-order valence-corrected chi connectivity index (χ1v) is 5.98. The maximum Gasteiger partial charge on any atom is 0.186 e. The van der Waals surface area contributed by atoms with Crippen LogP contribution >= 0.6 is 0 Å². The van der Waals surface area contributed by atoms with Gasteiger partial charge in [-0.05, 0) is 27.2 Å². The topological polar surface area (TPSA) is 36.9 Å². The molecule has 0 aromatic heterocycles. The van der Waals surface area contributed by atoms with Crippen molar-refractivity contribution in [2.45, 2.75) is 70.4 Å². The summed E-state index contributed by atoms with van der Waals surface area (Å²) < 4.78 is 23.1. The maximum atomic E-state index is 5.95. The Labute approximate surface area is 97.2 Å². The molecule has 3 unspecified atom stereocenters. The zero-order chi connectivity index (χ0) is 12.0. The summed E-state index contributed by atoms with van der Waals surface area (Å²) in [5.74, 6) is -0.537. The Hall–Kier alpha value is -0.160. The minimum atomic E-state index is -0.537. The van der Waals surface area contributed by atoms with Crippen molar-refractivity contribution in [3.05, 3.63) is 0 Å². The number of fused-ring (bicyclic) bond motifs is 1.